The predicted octanol–water partition coefficient (Wildman–Crippen LogP) is 3.96. The summed E-state index contributed by atoms with van der Waals surface area (Å²) in [6.45, 7) is 9.89. The van der Waals surface area contributed by atoms with E-state index in [1.165, 1.54) is 6.92 Å². The third kappa shape index (κ3) is 7.76. The summed E-state index contributed by atoms with van der Waals surface area (Å²) in [6.07, 6.45) is 4.78. The van der Waals surface area contributed by atoms with Crippen molar-refractivity contribution in [3.63, 3.8) is 0 Å². The summed E-state index contributed by atoms with van der Waals surface area (Å²) in [5.74, 6) is -0.389. The van der Waals surface area contributed by atoms with Crippen molar-refractivity contribution < 1.29 is 33.2 Å². The molecule has 3 rings (SSSR count). The lowest BCUT2D eigenvalue weighted by Gasteiger charge is -2.46. The fourth-order valence-corrected chi connectivity index (χ4v) is 4.23. The Hall–Kier alpha value is -2.03. The molecule has 2 aliphatic rings. The van der Waals surface area contributed by atoms with Crippen LogP contribution in [0.25, 0.3) is 0 Å². The van der Waals surface area contributed by atoms with Crippen LogP contribution >= 0.6 is 0 Å². The molecule has 0 amide bonds. The topological polar surface area (TPSA) is 72.5 Å². The third-order valence-corrected chi connectivity index (χ3v) is 5.77. The number of ether oxygens (including phenoxy) is 6. The number of benzene rings is 1. The van der Waals surface area contributed by atoms with Crippen LogP contribution in [0, 0.1) is 0 Å². The van der Waals surface area contributed by atoms with E-state index in [9.17, 15) is 4.79 Å². The molecule has 1 aromatic carbocycles. The number of hydrogen-bond donors (Lipinski definition) is 0. The average molecular weight is 461 g/mol. The molecule has 5 atom stereocenters. The monoisotopic (exact) mass is 460 g/mol. The molecule has 7 heteroatoms. The quantitative estimate of drug-likeness (QED) is 0.326. The minimum atomic E-state index is -0.684. The first kappa shape index (κ1) is 25.6. The molecule has 0 N–H and O–H groups in total. The molecule has 182 valence electrons. The van der Waals surface area contributed by atoms with Gasteiger partial charge in [0.15, 0.2) is 6.29 Å². The van der Waals surface area contributed by atoms with Gasteiger partial charge in [0.05, 0.1) is 25.9 Å². The first-order valence-electron chi connectivity index (χ1n) is 11.7. The third-order valence-electron chi connectivity index (χ3n) is 5.77. The van der Waals surface area contributed by atoms with Gasteiger partial charge in [-0.25, -0.2) is 0 Å². The molecule has 0 unspecified atom stereocenters. The lowest BCUT2D eigenvalue weighted by atomic mass is 9.98. The van der Waals surface area contributed by atoms with E-state index in [-0.39, 0.29) is 25.3 Å². The second-order valence-electron chi connectivity index (χ2n) is 8.32. The van der Waals surface area contributed by atoms with Crippen LogP contribution in [0.15, 0.2) is 55.6 Å². The van der Waals surface area contributed by atoms with E-state index in [1.54, 1.807) is 12.2 Å². The molecule has 33 heavy (non-hydrogen) atoms. The van der Waals surface area contributed by atoms with Gasteiger partial charge in [-0.15, -0.1) is 13.2 Å². The smallest absolute Gasteiger partial charge is 0.302 e. The van der Waals surface area contributed by atoms with E-state index < -0.39 is 30.7 Å². The molecule has 0 radical (unpaired) electrons. The maximum atomic E-state index is 11.5. The van der Waals surface area contributed by atoms with Gasteiger partial charge in [-0.3, -0.25) is 4.79 Å². The minimum absolute atomic E-state index is 0.0288. The van der Waals surface area contributed by atoms with Crippen LogP contribution in [0.4, 0.5) is 0 Å². The fourth-order valence-electron chi connectivity index (χ4n) is 4.23. The van der Waals surface area contributed by atoms with Crippen molar-refractivity contribution in [3.05, 3.63) is 61.2 Å². The first-order valence-corrected chi connectivity index (χ1v) is 11.7. The zero-order valence-electron chi connectivity index (χ0n) is 19.4. The van der Waals surface area contributed by atoms with Crippen LogP contribution < -0.4 is 0 Å². The van der Waals surface area contributed by atoms with Crippen LogP contribution in [-0.2, 0) is 39.8 Å². The second-order valence-corrected chi connectivity index (χ2v) is 8.32. The summed E-state index contributed by atoms with van der Waals surface area (Å²) >= 11 is 0. The number of carbonyl (C=O) groups is 1. The van der Waals surface area contributed by atoms with Gasteiger partial charge in [-0.2, -0.15) is 0 Å². The minimum Gasteiger partial charge on any atom is -0.463 e. The zero-order valence-corrected chi connectivity index (χ0v) is 19.4. The molecule has 0 aromatic heterocycles. The van der Waals surface area contributed by atoms with Crippen molar-refractivity contribution in [2.45, 2.75) is 76.0 Å². The molecule has 2 fully saturated rings. The lowest BCUT2D eigenvalue weighted by Crippen LogP contribution is -2.62. The van der Waals surface area contributed by atoms with E-state index >= 15 is 0 Å². The number of hydrogen-bond acceptors (Lipinski definition) is 7. The Labute approximate surface area is 196 Å². The summed E-state index contributed by atoms with van der Waals surface area (Å²) in [4.78, 5) is 11.5. The molecule has 1 heterocycles. The Balaban J connectivity index is 1.85. The molecule has 1 aliphatic carbocycles. The summed E-state index contributed by atoms with van der Waals surface area (Å²) < 4.78 is 36.6. The van der Waals surface area contributed by atoms with Crippen molar-refractivity contribution in [2.75, 3.05) is 19.8 Å². The molecular formula is C26H36O7. The normalized spacial score (nSPS) is 27.8. The van der Waals surface area contributed by atoms with E-state index in [4.69, 9.17) is 28.4 Å². The highest BCUT2D eigenvalue weighted by atomic mass is 16.7. The Morgan fingerprint density at radius 3 is 2.30 bits per heavy atom. The van der Waals surface area contributed by atoms with Crippen LogP contribution in [0.2, 0.25) is 0 Å². The number of carbonyl (C=O) groups excluding carboxylic acids is 1. The standard InChI is InChI=1S/C26H36O7/c1-4-15-28-23-22(18-30-19(3)27)33-26(32-21-13-9-10-14-21)25(24(23)29-16-5-2)31-17-20-11-7-6-8-12-20/h4-8,11-12,21-26H,1-2,9-10,13-18H2,3H3/t22-,23-,24+,25-,26+/m1/s1. The first-order chi connectivity index (χ1) is 16.1. The average Bonchev–Trinajstić information content (AvgIpc) is 3.33. The van der Waals surface area contributed by atoms with Gasteiger partial charge < -0.3 is 28.4 Å². The molecule has 1 aliphatic heterocycles. The van der Waals surface area contributed by atoms with Gasteiger partial charge in [-0.1, -0.05) is 55.3 Å². The van der Waals surface area contributed by atoms with E-state index in [1.807, 2.05) is 30.3 Å². The summed E-state index contributed by atoms with van der Waals surface area (Å²) in [6, 6.07) is 9.92. The summed E-state index contributed by atoms with van der Waals surface area (Å²) in [7, 11) is 0. The van der Waals surface area contributed by atoms with Crippen molar-refractivity contribution in [2.24, 2.45) is 0 Å². The molecule has 1 aromatic rings. The highest BCUT2D eigenvalue weighted by molar-refractivity contribution is 5.65. The van der Waals surface area contributed by atoms with E-state index in [0.717, 1.165) is 31.2 Å². The van der Waals surface area contributed by atoms with Gasteiger partial charge in [0.25, 0.3) is 0 Å². The van der Waals surface area contributed by atoms with Crippen molar-refractivity contribution >= 4 is 5.97 Å². The van der Waals surface area contributed by atoms with Crippen LogP contribution in [0.1, 0.15) is 38.2 Å². The van der Waals surface area contributed by atoms with Crippen molar-refractivity contribution in [1.29, 1.82) is 0 Å². The molecule has 1 saturated heterocycles. The Bertz CT molecular complexity index is 731. The van der Waals surface area contributed by atoms with Crippen LogP contribution in [0.5, 0.6) is 0 Å². The lowest BCUT2D eigenvalue weighted by molar-refractivity contribution is -0.330. The maximum Gasteiger partial charge on any atom is 0.302 e. The molecule has 1 saturated carbocycles. The molecular weight excluding hydrogens is 424 g/mol. The molecule has 7 nitrogen and oxygen atoms in total. The fraction of sp³-hybridized carbons (Fsp3) is 0.577. The number of esters is 1. The second kappa shape index (κ2) is 13.6. The van der Waals surface area contributed by atoms with Crippen LogP contribution in [-0.4, -0.2) is 62.6 Å². The Kier molecular flexibility index (Phi) is 10.6. The largest absolute Gasteiger partial charge is 0.463 e. The SMILES string of the molecule is C=CCO[C@@H]1[C@@H](OCc2ccccc2)[C@@H](OC2CCCC2)O[C@H](COC(C)=O)[C@H]1OCC=C. The highest BCUT2D eigenvalue weighted by Crippen LogP contribution is 2.33. The number of rotatable bonds is 13. The summed E-state index contributed by atoms with van der Waals surface area (Å²) in [5.41, 5.74) is 1.03. The van der Waals surface area contributed by atoms with Crippen LogP contribution in [0.3, 0.4) is 0 Å². The van der Waals surface area contributed by atoms with Crippen molar-refractivity contribution in [1.82, 2.24) is 0 Å². The molecule has 0 bridgehead atoms. The predicted molar refractivity (Wildman–Crippen MR) is 124 cm³/mol. The van der Waals surface area contributed by atoms with Gasteiger partial charge in [0.1, 0.15) is 31.0 Å². The summed E-state index contributed by atoms with van der Waals surface area (Å²) in [5, 5.41) is 0. The maximum absolute atomic E-state index is 11.5. The van der Waals surface area contributed by atoms with Gasteiger partial charge in [0, 0.05) is 6.92 Å². The van der Waals surface area contributed by atoms with E-state index in [2.05, 4.69) is 13.2 Å². The zero-order chi connectivity index (χ0) is 23.5. The Morgan fingerprint density at radius 2 is 1.67 bits per heavy atom. The highest BCUT2D eigenvalue weighted by Gasteiger charge is 2.49. The van der Waals surface area contributed by atoms with E-state index in [0.29, 0.717) is 13.2 Å². The van der Waals surface area contributed by atoms with Crippen molar-refractivity contribution in [3.8, 4) is 0 Å². The van der Waals surface area contributed by atoms with Gasteiger partial charge in [0.2, 0.25) is 0 Å². The molecule has 0 spiro atoms. The Morgan fingerprint density at radius 1 is 1.00 bits per heavy atom. The van der Waals surface area contributed by atoms with Gasteiger partial charge >= 0.3 is 5.97 Å². The van der Waals surface area contributed by atoms with Gasteiger partial charge in [-0.05, 0) is 18.4 Å².